The van der Waals surface area contributed by atoms with Gasteiger partial charge in [-0.2, -0.15) is 0 Å². The van der Waals surface area contributed by atoms with Gasteiger partial charge in [0, 0.05) is 0 Å². The molecule has 0 atom stereocenters. The molecule has 0 aromatic heterocycles. The normalized spacial score (nSPS) is 37.9. The highest BCUT2D eigenvalue weighted by Gasteiger charge is 2.36. The minimum Gasteiger partial charge on any atom is -0.0623 e. The van der Waals surface area contributed by atoms with Gasteiger partial charge in [-0.15, -0.1) is 0 Å². The molecule has 0 aromatic rings. The Labute approximate surface area is 102 Å². The van der Waals surface area contributed by atoms with Crippen molar-refractivity contribution in [2.75, 3.05) is 0 Å². The molecule has 0 radical (unpaired) electrons. The van der Waals surface area contributed by atoms with Crippen LogP contribution in [0.2, 0.25) is 0 Å². The maximum absolute atomic E-state index is 2.52. The van der Waals surface area contributed by atoms with E-state index >= 15 is 0 Å². The summed E-state index contributed by atoms with van der Waals surface area (Å²) in [5.41, 5.74) is 0.658. The van der Waals surface area contributed by atoms with Crippen molar-refractivity contribution in [2.45, 2.75) is 78.6 Å². The van der Waals surface area contributed by atoms with E-state index in [4.69, 9.17) is 0 Å². The lowest BCUT2D eigenvalue weighted by Gasteiger charge is -2.43. The van der Waals surface area contributed by atoms with Gasteiger partial charge in [0.25, 0.3) is 0 Å². The maximum atomic E-state index is 2.52. The van der Waals surface area contributed by atoms with Gasteiger partial charge in [-0.3, -0.25) is 0 Å². The van der Waals surface area contributed by atoms with Crippen LogP contribution in [0.1, 0.15) is 78.6 Å². The van der Waals surface area contributed by atoms with Crippen LogP contribution in [0, 0.1) is 23.2 Å². The second-order valence-electron chi connectivity index (χ2n) is 7.04. The lowest BCUT2D eigenvalue weighted by Crippen LogP contribution is -2.32. The molecule has 94 valence electrons. The summed E-state index contributed by atoms with van der Waals surface area (Å²) in [6, 6.07) is 0. The first-order valence-electron chi connectivity index (χ1n) is 7.62. The Morgan fingerprint density at radius 3 is 1.81 bits per heavy atom. The Morgan fingerprint density at radius 1 is 0.812 bits per heavy atom. The molecule has 16 heavy (non-hydrogen) atoms. The number of rotatable bonds is 2. The fourth-order valence-electron chi connectivity index (χ4n) is 3.95. The van der Waals surface area contributed by atoms with Gasteiger partial charge >= 0.3 is 0 Å². The van der Waals surface area contributed by atoms with Crippen molar-refractivity contribution in [1.29, 1.82) is 0 Å². The van der Waals surface area contributed by atoms with E-state index in [0.717, 1.165) is 17.8 Å². The van der Waals surface area contributed by atoms with Crippen LogP contribution >= 0.6 is 0 Å². The molecule has 0 heteroatoms. The van der Waals surface area contributed by atoms with Crippen LogP contribution in [-0.4, -0.2) is 0 Å². The fraction of sp³-hybridized carbons (Fsp3) is 1.00. The van der Waals surface area contributed by atoms with Gasteiger partial charge in [-0.05, 0) is 48.9 Å². The smallest absolute Gasteiger partial charge is 0.0303 e. The largest absolute Gasteiger partial charge is 0.0623 e. The summed E-state index contributed by atoms with van der Waals surface area (Å²) in [5, 5.41) is 0. The third-order valence-corrected chi connectivity index (χ3v) is 5.88. The summed E-state index contributed by atoms with van der Waals surface area (Å²) >= 11 is 0. The Bertz CT molecular complexity index is 202. The van der Waals surface area contributed by atoms with Gasteiger partial charge in [0.2, 0.25) is 0 Å². The van der Waals surface area contributed by atoms with Gasteiger partial charge in [-0.25, -0.2) is 0 Å². The van der Waals surface area contributed by atoms with E-state index in [1.54, 1.807) is 12.8 Å². The summed E-state index contributed by atoms with van der Waals surface area (Å²) in [6.45, 7) is 7.36. The summed E-state index contributed by atoms with van der Waals surface area (Å²) in [7, 11) is 0. The van der Waals surface area contributed by atoms with Crippen LogP contribution in [-0.2, 0) is 0 Å². The molecule has 2 aliphatic carbocycles. The Morgan fingerprint density at radius 2 is 1.31 bits per heavy atom. The minimum atomic E-state index is 0.658. The molecule has 0 nitrogen and oxygen atoms in total. The molecular formula is C16H30. The Balaban J connectivity index is 1.84. The van der Waals surface area contributed by atoms with E-state index in [-0.39, 0.29) is 0 Å². The van der Waals surface area contributed by atoms with Gasteiger partial charge in [0.1, 0.15) is 0 Å². The molecule has 0 heterocycles. The second-order valence-corrected chi connectivity index (χ2v) is 7.04. The standard InChI is InChI=1S/C16H30/c1-13(2)16(3)11-9-15(10-12-16)14-7-5-4-6-8-14/h13-15H,4-12H2,1-3H3. The van der Waals surface area contributed by atoms with Crippen molar-refractivity contribution in [1.82, 2.24) is 0 Å². The highest BCUT2D eigenvalue weighted by Crippen LogP contribution is 2.47. The van der Waals surface area contributed by atoms with Crippen molar-refractivity contribution in [2.24, 2.45) is 23.2 Å². The first-order valence-corrected chi connectivity index (χ1v) is 7.62. The number of hydrogen-bond acceptors (Lipinski definition) is 0. The van der Waals surface area contributed by atoms with E-state index in [2.05, 4.69) is 20.8 Å². The van der Waals surface area contributed by atoms with Crippen molar-refractivity contribution in [3.05, 3.63) is 0 Å². The quantitative estimate of drug-likeness (QED) is 0.585. The van der Waals surface area contributed by atoms with Gasteiger partial charge < -0.3 is 0 Å². The monoisotopic (exact) mass is 222 g/mol. The zero-order valence-electron chi connectivity index (χ0n) is 11.6. The van der Waals surface area contributed by atoms with E-state index in [1.165, 1.54) is 44.9 Å². The molecular weight excluding hydrogens is 192 g/mol. The van der Waals surface area contributed by atoms with E-state index in [9.17, 15) is 0 Å². The summed E-state index contributed by atoms with van der Waals surface area (Å²) in [4.78, 5) is 0. The van der Waals surface area contributed by atoms with Gasteiger partial charge in [-0.1, -0.05) is 52.9 Å². The predicted molar refractivity (Wildman–Crippen MR) is 71.5 cm³/mol. The first kappa shape index (κ1) is 12.5. The fourth-order valence-corrected chi connectivity index (χ4v) is 3.95. The van der Waals surface area contributed by atoms with Crippen molar-refractivity contribution < 1.29 is 0 Å². The van der Waals surface area contributed by atoms with E-state index in [0.29, 0.717) is 5.41 Å². The first-order chi connectivity index (χ1) is 7.62. The third-order valence-electron chi connectivity index (χ3n) is 5.88. The Kier molecular flexibility index (Phi) is 3.97. The zero-order valence-corrected chi connectivity index (χ0v) is 11.6. The van der Waals surface area contributed by atoms with Gasteiger partial charge in [0.05, 0.1) is 0 Å². The lowest BCUT2D eigenvalue weighted by atomic mass is 9.62. The second kappa shape index (κ2) is 5.10. The predicted octanol–water partition coefficient (Wildman–Crippen LogP) is 5.42. The molecule has 2 rings (SSSR count). The van der Waals surface area contributed by atoms with Crippen molar-refractivity contribution >= 4 is 0 Å². The average Bonchev–Trinajstić information content (AvgIpc) is 2.31. The molecule has 0 bridgehead atoms. The zero-order chi connectivity index (χ0) is 11.6. The average molecular weight is 222 g/mol. The van der Waals surface area contributed by atoms with Crippen molar-refractivity contribution in [3.63, 3.8) is 0 Å². The highest BCUT2D eigenvalue weighted by molar-refractivity contribution is 4.87. The summed E-state index contributed by atoms with van der Waals surface area (Å²) in [6.07, 6.45) is 13.7. The summed E-state index contributed by atoms with van der Waals surface area (Å²) < 4.78 is 0. The van der Waals surface area contributed by atoms with Crippen LogP contribution in [0.5, 0.6) is 0 Å². The van der Waals surface area contributed by atoms with E-state index in [1.807, 2.05) is 0 Å². The van der Waals surface area contributed by atoms with Crippen LogP contribution in [0.3, 0.4) is 0 Å². The SMILES string of the molecule is CC(C)C1(C)CCC(C2CCCCC2)CC1. The molecule has 0 spiro atoms. The number of hydrogen-bond donors (Lipinski definition) is 0. The lowest BCUT2D eigenvalue weighted by molar-refractivity contribution is 0.0781. The van der Waals surface area contributed by atoms with Crippen LogP contribution < -0.4 is 0 Å². The van der Waals surface area contributed by atoms with Crippen LogP contribution in [0.25, 0.3) is 0 Å². The van der Waals surface area contributed by atoms with Gasteiger partial charge in [0.15, 0.2) is 0 Å². The molecule has 2 saturated carbocycles. The Hall–Kier alpha value is 0. The molecule has 2 fully saturated rings. The molecule has 0 unspecified atom stereocenters. The third kappa shape index (κ3) is 2.63. The highest BCUT2D eigenvalue weighted by atomic mass is 14.4. The molecule has 0 aromatic carbocycles. The summed E-state index contributed by atoms with van der Waals surface area (Å²) in [5.74, 6) is 3.07. The van der Waals surface area contributed by atoms with Crippen molar-refractivity contribution in [3.8, 4) is 0 Å². The molecule has 0 saturated heterocycles. The molecule has 0 amide bonds. The van der Waals surface area contributed by atoms with Crippen LogP contribution in [0.4, 0.5) is 0 Å². The topological polar surface area (TPSA) is 0 Å². The van der Waals surface area contributed by atoms with E-state index < -0.39 is 0 Å². The van der Waals surface area contributed by atoms with Crippen LogP contribution in [0.15, 0.2) is 0 Å². The molecule has 0 aliphatic heterocycles. The maximum Gasteiger partial charge on any atom is -0.0303 e. The molecule has 2 aliphatic rings. The minimum absolute atomic E-state index is 0.658. The molecule has 0 N–H and O–H groups in total.